The first-order valence-electron chi connectivity index (χ1n) is 7.55. The normalized spacial score (nSPS) is 12.1. The number of hydrogen-bond donors (Lipinski definition) is 1. The van der Waals surface area contributed by atoms with E-state index < -0.39 is 6.10 Å². The van der Waals surface area contributed by atoms with Crippen LogP contribution in [0.3, 0.4) is 0 Å². The van der Waals surface area contributed by atoms with Crippen molar-refractivity contribution in [2.24, 2.45) is 0 Å². The lowest BCUT2D eigenvalue weighted by atomic mass is 9.96. The van der Waals surface area contributed by atoms with E-state index in [1.165, 1.54) is 16.7 Å². The molecule has 1 nitrogen and oxygen atoms in total. The Bertz CT molecular complexity index is 737. The van der Waals surface area contributed by atoms with E-state index in [-0.39, 0.29) is 0 Å². The van der Waals surface area contributed by atoms with Crippen LogP contribution in [-0.2, 0) is 0 Å². The van der Waals surface area contributed by atoms with E-state index in [0.29, 0.717) is 0 Å². The number of rotatable bonds is 3. The van der Waals surface area contributed by atoms with Gasteiger partial charge in [-0.05, 0) is 36.1 Å². The highest BCUT2D eigenvalue weighted by Crippen LogP contribution is 2.26. The van der Waals surface area contributed by atoms with Crippen LogP contribution in [0.5, 0.6) is 0 Å². The van der Waals surface area contributed by atoms with E-state index in [2.05, 4.69) is 44.2 Å². The zero-order valence-electron chi connectivity index (χ0n) is 13.0. The van der Waals surface area contributed by atoms with Crippen LogP contribution in [0, 0.1) is 13.8 Å². The van der Waals surface area contributed by atoms with Gasteiger partial charge in [-0.3, -0.25) is 0 Å². The lowest BCUT2D eigenvalue weighted by Gasteiger charge is -2.14. The lowest BCUT2D eigenvalue weighted by molar-refractivity contribution is 0.220. The van der Waals surface area contributed by atoms with Gasteiger partial charge in [0.1, 0.15) is 6.10 Å². The maximum absolute atomic E-state index is 10.6. The third-order valence-electron chi connectivity index (χ3n) is 3.89. The van der Waals surface area contributed by atoms with Crippen LogP contribution in [-0.4, -0.2) is 5.11 Å². The second-order valence-corrected chi connectivity index (χ2v) is 5.81. The van der Waals surface area contributed by atoms with Gasteiger partial charge in [0.2, 0.25) is 0 Å². The third kappa shape index (κ3) is 3.10. The summed E-state index contributed by atoms with van der Waals surface area (Å²) in [6.07, 6.45) is -0.580. The maximum atomic E-state index is 10.6. The quantitative estimate of drug-likeness (QED) is 0.715. The van der Waals surface area contributed by atoms with E-state index in [1.54, 1.807) is 0 Å². The van der Waals surface area contributed by atoms with Gasteiger partial charge in [-0.1, -0.05) is 83.9 Å². The molecular weight excluding hydrogens is 268 g/mol. The molecule has 0 saturated heterocycles. The zero-order valence-corrected chi connectivity index (χ0v) is 13.0. The molecule has 3 rings (SSSR count). The second-order valence-electron chi connectivity index (χ2n) is 5.81. The minimum atomic E-state index is -0.580. The van der Waals surface area contributed by atoms with Gasteiger partial charge < -0.3 is 5.11 Å². The lowest BCUT2D eigenvalue weighted by Crippen LogP contribution is -2.00. The molecule has 1 atom stereocenters. The molecular formula is C21H20O. The van der Waals surface area contributed by atoms with E-state index >= 15 is 0 Å². The van der Waals surface area contributed by atoms with Crippen LogP contribution in [0.1, 0.15) is 28.4 Å². The molecule has 0 heterocycles. The monoisotopic (exact) mass is 288 g/mol. The largest absolute Gasteiger partial charge is 0.384 e. The van der Waals surface area contributed by atoms with Gasteiger partial charge in [0, 0.05) is 0 Å². The van der Waals surface area contributed by atoms with Crippen molar-refractivity contribution in [2.45, 2.75) is 20.0 Å². The fourth-order valence-corrected chi connectivity index (χ4v) is 2.85. The highest BCUT2D eigenvalue weighted by molar-refractivity contribution is 5.63. The molecule has 0 fully saturated rings. The summed E-state index contributed by atoms with van der Waals surface area (Å²) in [6.45, 7) is 4.11. The number of aliphatic hydroxyl groups is 1. The number of aliphatic hydroxyl groups excluding tert-OH is 1. The molecule has 110 valence electrons. The van der Waals surface area contributed by atoms with Gasteiger partial charge in [0.15, 0.2) is 0 Å². The van der Waals surface area contributed by atoms with Crippen molar-refractivity contribution < 1.29 is 5.11 Å². The van der Waals surface area contributed by atoms with Crippen LogP contribution in [0.25, 0.3) is 11.1 Å². The number of benzene rings is 3. The summed E-state index contributed by atoms with van der Waals surface area (Å²) in [7, 11) is 0. The minimum absolute atomic E-state index is 0.580. The summed E-state index contributed by atoms with van der Waals surface area (Å²) in [6, 6.07) is 24.6. The first kappa shape index (κ1) is 14.6. The molecule has 1 unspecified atom stereocenters. The third-order valence-corrected chi connectivity index (χ3v) is 3.89. The molecule has 0 aliphatic rings. The Morgan fingerprint density at radius 3 is 1.77 bits per heavy atom. The van der Waals surface area contributed by atoms with Crippen molar-refractivity contribution in [1.29, 1.82) is 0 Å². The Morgan fingerprint density at radius 2 is 1.18 bits per heavy atom. The SMILES string of the molecule is Cc1cc(C)cc(C(O)c2ccc(-c3ccccc3)cc2)c1. The Labute approximate surface area is 131 Å². The molecule has 0 spiro atoms. The summed E-state index contributed by atoms with van der Waals surface area (Å²) in [5.74, 6) is 0. The van der Waals surface area contributed by atoms with Crippen molar-refractivity contribution in [3.63, 3.8) is 0 Å². The Kier molecular flexibility index (Phi) is 4.08. The molecule has 0 aromatic heterocycles. The molecule has 1 heteroatoms. The molecule has 0 radical (unpaired) electrons. The van der Waals surface area contributed by atoms with Crippen LogP contribution < -0.4 is 0 Å². The van der Waals surface area contributed by atoms with Crippen molar-refractivity contribution in [1.82, 2.24) is 0 Å². The number of aryl methyl sites for hydroxylation is 2. The van der Waals surface area contributed by atoms with E-state index in [9.17, 15) is 5.11 Å². The minimum Gasteiger partial charge on any atom is -0.384 e. The first-order chi connectivity index (χ1) is 10.6. The molecule has 0 amide bonds. The van der Waals surface area contributed by atoms with Gasteiger partial charge in [-0.15, -0.1) is 0 Å². The molecule has 3 aromatic rings. The topological polar surface area (TPSA) is 20.2 Å². The molecule has 22 heavy (non-hydrogen) atoms. The zero-order chi connectivity index (χ0) is 15.5. The van der Waals surface area contributed by atoms with Gasteiger partial charge in [0.25, 0.3) is 0 Å². The van der Waals surface area contributed by atoms with Crippen molar-refractivity contribution in [2.75, 3.05) is 0 Å². The fraction of sp³-hybridized carbons (Fsp3) is 0.143. The van der Waals surface area contributed by atoms with Crippen molar-refractivity contribution >= 4 is 0 Å². The summed E-state index contributed by atoms with van der Waals surface area (Å²) in [4.78, 5) is 0. The molecule has 0 bridgehead atoms. The standard InChI is InChI=1S/C21H20O/c1-15-12-16(2)14-20(13-15)21(22)19-10-8-18(9-11-19)17-6-4-3-5-7-17/h3-14,21-22H,1-2H3. The molecule has 0 aliphatic carbocycles. The van der Waals surface area contributed by atoms with Crippen LogP contribution >= 0.6 is 0 Å². The Balaban J connectivity index is 1.89. The maximum Gasteiger partial charge on any atom is 0.104 e. The van der Waals surface area contributed by atoms with Gasteiger partial charge in [-0.2, -0.15) is 0 Å². The van der Waals surface area contributed by atoms with Crippen molar-refractivity contribution in [3.8, 4) is 11.1 Å². The Morgan fingerprint density at radius 1 is 0.636 bits per heavy atom. The summed E-state index contributed by atoms with van der Waals surface area (Å²) >= 11 is 0. The number of hydrogen-bond acceptors (Lipinski definition) is 1. The van der Waals surface area contributed by atoms with Crippen LogP contribution in [0.2, 0.25) is 0 Å². The van der Waals surface area contributed by atoms with Crippen molar-refractivity contribution in [3.05, 3.63) is 95.1 Å². The molecule has 0 saturated carbocycles. The molecule has 0 aliphatic heterocycles. The van der Waals surface area contributed by atoms with Gasteiger partial charge >= 0.3 is 0 Å². The highest BCUT2D eigenvalue weighted by atomic mass is 16.3. The smallest absolute Gasteiger partial charge is 0.104 e. The van der Waals surface area contributed by atoms with E-state index in [4.69, 9.17) is 0 Å². The summed E-state index contributed by atoms with van der Waals surface area (Å²) < 4.78 is 0. The van der Waals surface area contributed by atoms with Gasteiger partial charge in [0.05, 0.1) is 0 Å². The van der Waals surface area contributed by atoms with E-state index in [1.807, 2.05) is 42.5 Å². The average molecular weight is 288 g/mol. The fourth-order valence-electron chi connectivity index (χ4n) is 2.85. The molecule has 3 aromatic carbocycles. The van der Waals surface area contributed by atoms with E-state index in [0.717, 1.165) is 16.7 Å². The van der Waals surface area contributed by atoms with Crippen LogP contribution in [0.15, 0.2) is 72.8 Å². The molecule has 1 N–H and O–H groups in total. The second kappa shape index (κ2) is 6.17. The summed E-state index contributed by atoms with van der Waals surface area (Å²) in [5.41, 5.74) is 6.58. The van der Waals surface area contributed by atoms with Crippen LogP contribution in [0.4, 0.5) is 0 Å². The summed E-state index contributed by atoms with van der Waals surface area (Å²) in [5, 5.41) is 10.6. The highest BCUT2D eigenvalue weighted by Gasteiger charge is 2.11. The van der Waals surface area contributed by atoms with Gasteiger partial charge in [-0.25, -0.2) is 0 Å². The first-order valence-corrected chi connectivity index (χ1v) is 7.55. The predicted octanol–water partition coefficient (Wildman–Crippen LogP) is 5.05. The average Bonchev–Trinajstić information content (AvgIpc) is 2.54. The predicted molar refractivity (Wildman–Crippen MR) is 91.9 cm³/mol. The Hall–Kier alpha value is -2.38.